The number of carbonyl (C=O) groups excluding carboxylic acids is 1. The highest BCUT2D eigenvalue weighted by molar-refractivity contribution is 5.81. The van der Waals surface area contributed by atoms with Crippen molar-refractivity contribution in [2.45, 2.75) is 32.9 Å². The second-order valence-corrected chi connectivity index (χ2v) is 6.49. The van der Waals surface area contributed by atoms with Gasteiger partial charge in [0.25, 0.3) is 0 Å². The molecule has 24 heavy (non-hydrogen) atoms. The molecule has 3 rings (SSSR count). The fraction of sp³-hybridized carbons (Fsp3) is 0.556. The van der Waals surface area contributed by atoms with Gasteiger partial charge >= 0.3 is 0 Å². The van der Waals surface area contributed by atoms with Crippen LogP contribution in [0.4, 0.5) is 0 Å². The third-order valence-corrected chi connectivity index (χ3v) is 4.59. The molecule has 1 aliphatic rings. The fourth-order valence-corrected chi connectivity index (χ4v) is 3.36. The third kappa shape index (κ3) is 3.60. The van der Waals surface area contributed by atoms with Gasteiger partial charge in [-0.15, -0.1) is 0 Å². The maximum atomic E-state index is 12.7. The highest BCUT2D eigenvalue weighted by Crippen LogP contribution is 2.17. The lowest BCUT2D eigenvalue weighted by atomic mass is 10.2. The number of nitrogens with zero attached hydrogens (tertiary/aromatic N) is 4. The zero-order valence-corrected chi connectivity index (χ0v) is 14.5. The number of aromatic nitrogens is 2. The Kier molecular flexibility index (Phi) is 5.16. The van der Waals surface area contributed by atoms with Crippen molar-refractivity contribution in [3.05, 3.63) is 30.1 Å². The minimum absolute atomic E-state index is 0.143. The molecule has 1 amide bonds. The number of aryl methyl sites for hydroxylation is 1. The van der Waals surface area contributed by atoms with Crippen molar-refractivity contribution in [3.63, 3.8) is 0 Å². The van der Waals surface area contributed by atoms with Crippen LogP contribution >= 0.6 is 0 Å². The summed E-state index contributed by atoms with van der Waals surface area (Å²) < 4.78 is 2.04. The summed E-state index contributed by atoms with van der Waals surface area (Å²) in [5, 5.41) is 9.48. The summed E-state index contributed by atoms with van der Waals surface area (Å²) in [5.74, 6) is 1.10. The van der Waals surface area contributed by atoms with Gasteiger partial charge in [-0.1, -0.05) is 19.1 Å². The first-order valence-corrected chi connectivity index (χ1v) is 8.70. The molecule has 1 fully saturated rings. The number of piperazine rings is 1. The molecule has 6 heteroatoms. The molecule has 0 saturated carbocycles. The molecule has 1 aromatic heterocycles. The van der Waals surface area contributed by atoms with Crippen molar-refractivity contribution in [2.75, 3.05) is 32.7 Å². The Balaban J connectivity index is 1.68. The normalized spacial score (nSPS) is 17.4. The van der Waals surface area contributed by atoms with E-state index in [9.17, 15) is 9.90 Å². The average molecular weight is 330 g/mol. The van der Waals surface area contributed by atoms with E-state index in [0.29, 0.717) is 13.1 Å². The second-order valence-electron chi connectivity index (χ2n) is 6.49. The van der Waals surface area contributed by atoms with Crippen LogP contribution in [0, 0.1) is 0 Å². The van der Waals surface area contributed by atoms with Gasteiger partial charge in [-0.3, -0.25) is 9.69 Å². The number of carbonyl (C=O) groups is 1. The molecule has 0 bridgehead atoms. The Morgan fingerprint density at radius 2 is 1.96 bits per heavy atom. The van der Waals surface area contributed by atoms with Crippen molar-refractivity contribution in [2.24, 2.45) is 0 Å². The number of hydrogen-bond acceptors (Lipinski definition) is 4. The van der Waals surface area contributed by atoms with Gasteiger partial charge in [0.1, 0.15) is 12.4 Å². The van der Waals surface area contributed by atoms with Crippen molar-refractivity contribution >= 4 is 16.9 Å². The Bertz CT molecular complexity index is 702. The van der Waals surface area contributed by atoms with Crippen LogP contribution < -0.4 is 0 Å². The van der Waals surface area contributed by atoms with Gasteiger partial charge < -0.3 is 14.6 Å². The predicted molar refractivity (Wildman–Crippen MR) is 93.8 cm³/mol. The molecular weight excluding hydrogens is 304 g/mol. The topological polar surface area (TPSA) is 61.6 Å². The monoisotopic (exact) mass is 330 g/mol. The van der Waals surface area contributed by atoms with E-state index in [1.54, 1.807) is 6.92 Å². The van der Waals surface area contributed by atoms with Crippen LogP contribution in [0.3, 0.4) is 0 Å². The molecule has 130 valence electrons. The number of para-hydroxylation sites is 2. The molecule has 1 N–H and O–H groups in total. The summed E-state index contributed by atoms with van der Waals surface area (Å²) >= 11 is 0. The first kappa shape index (κ1) is 16.9. The number of benzene rings is 1. The number of β-amino-alcohol motifs (C(OH)–C–C–N with tert-alkyl or cyclic N) is 1. The third-order valence-electron chi connectivity index (χ3n) is 4.59. The molecule has 6 nitrogen and oxygen atoms in total. The number of aliphatic hydroxyl groups is 1. The van der Waals surface area contributed by atoms with Gasteiger partial charge in [0.05, 0.1) is 17.1 Å². The van der Waals surface area contributed by atoms with Crippen LogP contribution in [0.5, 0.6) is 0 Å². The number of amides is 1. The molecule has 0 spiro atoms. The van der Waals surface area contributed by atoms with Gasteiger partial charge in [-0.2, -0.15) is 0 Å². The molecule has 2 heterocycles. The zero-order valence-electron chi connectivity index (χ0n) is 14.5. The zero-order chi connectivity index (χ0) is 17.1. The lowest BCUT2D eigenvalue weighted by molar-refractivity contribution is -0.133. The smallest absolute Gasteiger partial charge is 0.242 e. The van der Waals surface area contributed by atoms with Crippen LogP contribution in [0.25, 0.3) is 11.0 Å². The molecule has 2 aromatic rings. The van der Waals surface area contributed by atoms with E-state index in [1.165, 1.54) is 0 Å². The summed E-state index contributed by atoms with van der Waals surface area (Å²) in [6, 6.07) is 7.97. The van der Waals surface area contributed by atoms with E-state index in [2.05, 4.69) is 16.8 Å². The Labute approximate surface area is 142 Å². The Morgan fingerprint density at radius 3 is 2.62 bits per heavy atom. The highest BCUT2D eigenvalue weighted by atomic mass is 16.3. The number of hydrogen-bond donors (Lipinski definition) is 1. The van der Waals surface area contributed by atoms with Crippen LogP contribution in [0.2, 0.25) is 0 Å². The van der Waals surface area contributed by atoms with Crippen molar-refractivity contribution in [3.8, 4) is 0 Å². The first-order valence-electron chi connectivity index (χ1n) is 8.70. The van der Waals surface area contributed by atoms with Crippen LogP contribution in [-0.2, 0) is 17.8 Å². The number of aliphatic hydroxyl groups excluding tert-OH is 1. The molecule has 0 radical (unpaired) electrons. The van der Waals surface area contributed by atoms with E-state index in [4.69, 9.17) is 0 Å². The molecule has 1 atom stereocenters. The first-order chi connectivity index (χ1) is 11.6. The maximum Gasteiger partial charge on any atom is 0.242 e. The summed E-state index contributed by atoms with van der Waals surface area (Å²) in [6.07, 6.45) is 0.487. The van der Waals surface area contributed by atoms with E-state index >= 15 is 0 Å². The maximum absolute atomic E-state index is 12.7. The van der Waals surface area contributed by atoms with E-state index in [0.717, 1.165) is 49.5 Å². The van der Waals surface area contributed by atoms with E-state index in [1.807, 2.05) is 33.7 Å². The minimum Gasteiger partial charge on any atom is -0.392 e. The summed E-state index contributed by atoms with van der Waals surface area (Å²) in [4.78, 5) is 21.5. The largest absolute Gasteiger partial charge is 0.392 e. The predicted octanol–water partition coefficient (Wildman–Crippen LogP) is 1.12. The molecule has 1 aromatic carbocycles. The Hall–Kier alpha value is -1.92. The van der Waals surface area contributed by atoms with Gasteiger partial charge in [-0.25, -0.2) is 4.98 Å². The standard InChI is InChI=1S/C18H26N4O2/c1-3-17-19-15-6-4-5-7-16(15)22(17)13-18(24)21-10-8-20(9-11-21)12-14(2)23/h4-7,14,23H,3,8-13H2,1-2H3/t14-/m1/s1. The molecule has 1 aliphatic heterocycles. The van der Waals surface area contributed by atoms with Crippen LogP contribution in [0.15, 0.2) is 24.3 Å². The average Bonchev–Trinajstić information content (AvgIpc) is 2.93. The minimum atomic E-state index is -0.323. The van der Waals surface area contributed by atoms with Crippen molar-refractivity contribution in [1.29, 1.82) is 0 Å². The fourth-order valence-electron chi connectivity index (χ4n) is 3.36. The lowest BCUT2D eigenvalue weighted by Crippen LogP contribution is -2.50. The van der Waals surface area contributed by atoms with Crippen LogP contribution in [0.1, 0.15) is 19.7 Å². The Morgan fingerprint density at radius 1 is 1.25 bits per heavy atom. The van der Waals surface area contributed by atoms with Crippen molar-refractivity contribution in [1.82, 2.24) is 19.4 Å². The number of rotatable bonds is 5. The summed E-state index contributed by atoms with van der Waals surface area (Å²) in [5.41, 5.74) is 1.97. The SMILES string of the molecule is CCc1nc2ccccc2n1CC(=O)N1CCN(C[C@@H](C)O)CC1. The summed E-state index contributed by atoms with van der Waals surface area (Å²) in [6.45, 7) is 7.97. The van der Waals surface area contributed by atoms with Gasteiger partial charge in [0.15, 0.2) is 0 Å². The number of imidazole rings is 1. The number of fused-ring (bicyclic) bond motifs is 1. The lowest BCUT2D eigenvalue weighted by Gasteiger charge is -2.35. The molecule has 0 aliphatic carbocycles. The molecular formula is C18H26N4O2. The van der Waals surface area contributed by atoms with Crippen LogP contribution in [-0.4, -0.2) is 69.2 Å². The molecule has 0 unspecified atom stereocenters. The van der Waals surface area contributed by atoms with Gasteiger partial charge in [0.2, 0.25) is 5.91 Å². The second kappa shape index (κ2) is 7.32. The quantitative estimate of drug-likeness (QED) is 0.892. The van der Waals surface area contributed by atoms with Gasteiger partial charge in [-0.05, 0) is 19.1 Å². The highest BCUT2D eigenvalue weighted by Gasteiger charge is 2.23. The van der Waals surface area contributed by atoms with E-state index < -0.39 is 0 Å². The molecule has 1 saturated heterocycles. The van der Waals surface area contributed by atoms with Crippen molar-refractivity contribution < 1.29 is 9.90 Å². The van der Waals surface area contributed by atoms with Gasteiger partial charge in [0, 0.05) is 39.1 Å². The summed E-state index contributed by atoms with van der Waals surface area (Å²) in [7, 11) is 0. The van der Waals surface area contributed by atoms with E-state index in [-0.39, 0.29) is 12.0 Å².